The predicted molar refractivity (Wildman–Crippen MR) is 109 cm³/mol. The minimum absolute atomic E-state index is 0. The molecule has 6 heteroatoms. The molecule has 134 valence electrons. The number of aryl methyl sites for hydroxylation is 1. The Morgan fingerprint density at radius 2 is 2.00 bits per heavy atom. The lowest BCUT2D eigenvalue weighted by atomic mass is 9.87. The third-order valence-corrected chi connectivity index (χ3v) is 3.86. The molecule has 23 heavy (non-hydrogen) atoms. The summed E-state index contributed by atoms with van der Waals surface area (Å²) in [5.74, 6) is 0.882. The molecule has 0 radical (unpaired) electrons. The van der Waals surface area contributed by atoms with Crippen molar-refractivity contribution in [2.24, 2.45) is 17.5 Å². The third kappa shape index (κ3) is 9.17. The number of nitrogens with one attached hydrogen (secondary N) is 2. The first-order valence-corrected chi connectivity index (χ1v) is 8.47. The molecule has 0 aromatic carbocycles. The maximum Gasteiger partial charge on any atom is 0.191 e. The Kier molecular flexibility index (Phi) is 11.3. The highest BCUT2D eigenvalue weighted by molar-refractivity contribution is 14.0. The molecule has 0 spiro atoms. The number of halogens is 1. The van der Waals surface area contributed by atoms with Gasteiger partial charge in [-0.1, -0.05) is 40.0 Å². The van der Waals surface area contributed by atoms with Crippen molar-refractivity contribution in [3.8, 4) is 0 Å². The van der Waals surface area contributed by atoms with E-state index in [0.717, 1.165) is 24.7 Å². The number of hydrogen-bond donors (Lipinski definition) is 2. The molecule has 0 fully saturated rings. The highest BCUT2D eigenvalue weighted by atomic mass is 127. The van der Waals surface area contributed by atoms with Gasteiger partial charge in [0.2, 0.25) is 0 Å². The van der Waals surface area contributed by atoms with Crippen LogP contribution in [0.4, 0.5) is 0 Å². The van der Waals surface area contributed by atoms with E-state index >= 15 is 0 Å². The summed E-state index contributed by atoms with van der Waals surface area (Å²) >= 11 is 0. The second kappa shape index (κ2) is 11.7. The first-order chi connectivity index (χ1) is 10.5. The monoisotopic (exact) mass is 435 g/mol. The summed E-state index contributed by atoms with van der Waals surface area (Å²) in [6.45, 7) is 11.4. The van der Waals surface area contributed by atoms with Crippen molar-refractivity contribution in [1.29, 1.82) is 0 Å². The minimum Gasteiger partial charge on any atom is -0.357 e. The Bertz CT molecular complexity index is 454. The van der Waals surface area contributed by atoms with Gasteiger partial charge in [-0.05, 0) is 24.8 Å². The Morgan fingerprint density at radius 3 is 2.57 bits per heavy atom. The molecule has 0 aliphatic heterocycles. The third-order valence-electron chi connectivity index (χ3n) is 3.86. The zero-order valence-corrected chi connectivity index (χ0v) is 17.7. The van der Waals surface area contributed by atoms with Gasteiger partial charge in [-0.3, -0.25) is 4.68 Å². The summed E-state index contributed by atoms with van der Waals surface area (Å²) < 4.78 is 1.86. The van der Waals surface area contributed by atoms with Gasteiger partial charge in [0.1, 0.15) is 0 Å². The molecule has 0 unspecified atom stereocenters. The van der Waals surface area contributed by atoms with E-state index in [4.69, 9.17) is 0 Å². The number of aliphatic imine (C=N–C) groups is 1. The molecule has 1 aromatic rings. The number of guanidine groups is 1. The summed E-state index contributed by atoms with van der Waals surface area (Å²) in [6.07, 6.45) is 6.95. The SMILES string of the molecule is CCCCCC(C)(C)CNC(=NCc1ccnn1C)NCC.I. The topological polar surface area (TPSA) is 54.2 Å². The van der Waals surface area contributed by atoms with E-state index in [9.17, 15) is 0 Å². The van der Waals surface area contributed by atoms with Crippen LogP contribution in [0.1, 0.15) is 59.1 Å². The highest BCUT2D eigenvalue weighted by Gasteiger charge is 2.17. The van der Waals surface area contributed by atoms with Crippen LogP contribution in [-0.4, -0.2) is 28.8 Å². The zero-order chi connectivity index (χ0) is 16.4. The molecule has 0 aliphatic rings. The van der Waals surface area contributed by atoms with E-state index in [-0.39, 0.29) is 29.4 Å². The zero-order valence-electron chi connectivity index (χ0n) is 15.4. The van der Waals surface area contributed by atoms with E-state index < -0.39 is 0 Å². The Labute approximate surface area is 158 Å². The van der Waals surface area contributed by atoms with Crippen LogP contribution >= 0.6 is 24.0 Å². The molecule has 2 N–H and O–H groups in total. The lowest BCUT2D eigenvalue weighted by Crippen LogP contribution is -2.42. The van der Waals surface area contributed by atoms with Crippen LogP contribution < -0.4 is 10.6 Å². The van der Waals surface area contributed by atoms with Gasteiger partial charge in [0.25, 0.3) is 0 Å². The van der Waals surface area contributed by atoms with E-state index in [0.29, 0.717) is 6.54 Å². The second-order valence-electron chi connectivity index (χ2n) is 6.62. The van der Waals surface area contributed by atoms with Crippen molar-refractivity contribution >= 4 is 29.9 Å². The number of aromatic nitrogens is 2. The summed E-state index contributed by atoms with van der Waals surface area (Å²) in [6, 6.07) is 2.00. The van der Waals surface area contributed by atoms with Crippen molar-refractivity contribution in [3.63, 3.8) is 0 Å². The molecule has 0 bridgehead atoms. The predicted octanol–water partition coefficient (Wildman–Crippen LogP) is 3.70. The van der Waals surface area contributed by atoms with Crippen LogP contribution in [-0.2, 0) is 13.6 Å². The minimum atomic E-state index is 0. The largest absolute Gasteiger partial charge is 0.357 e. The molecule has 5 nitrogen and oxygen atoms in total. The van der Waals surface area contributed by atoms with Gasteiger partial charge in [0, 0.05) is 26.3 Å². The summed E-state index contributed by atoms with van der Waals surface area (Å²) in [4.78, 5) is 4.65. The van der Waals surface area contributed by atoms with Crippen LogP contribution in [0.25, 0.3) is 0 Å². The van der Waals surface area contributed by atoms with Gasteiger partial charge in [0.15, 0.2) is 5.96 Å². The Balaban J connectivity index is 0.00000484. The average molecular weight is 435 g/mol. The number of unbranched alkanes of at least 4 members (excludes halogenated alkanes) is 2. The molecule has 0 aliphatic carbocycles. The van der Waals surface area contributed by atoms with Crippen molar-refractivity contribution in [2.45, 2.75) is 59.9 Å². The number of hydrogen-bond acceptors (Lipinski definition) is 2. The van der Waals surface area contributed by atoms with Crippen LogP contribution in [0.5, 0.6) is 0 Å². The molecule has 0 saturated heterocycles. The van der Waals surface area contributed by atoms with Gasteiger partial charge in [0.05, 0.1) is 12.2 Å². The quantitative estimate of drug-likeness (QED) is 0.269. The normalized spacial score (nSPS) is 12.0. The lowest BCUT2D eigenvalue weighted by Gasteiger charge is -2.26. The highest BCUT2D eigenvalue weighted by Crippen LogP contribution is 2.22. The van der Waals surface area contributed by atoms with Crippen molar-refractivity contribution in [1.82, 2.24) is 20.4 Å². The first kappa shape index (κ1) is 22.2. The van der Waals surface area contributed by atoms with Crippen LogP contribution in [0.2, 0.25) is 0 Å². The van der Waals surface area contributed by atoms with E-state index in [1.807, 2.05) is 24.0 Å². The van der Waals surface area contributed by atoms with Crippen molar-refractivity contribution in [2.75, 3.05) is 13.1 Å². The van der Waals surface area contributed by atoms with Gasteiger partial charge in [-0.2, -0.15) is 5.10 Å². The Morgan fingerprint density at radius 1 is 1.26 bits per heavy atom. The number of rotatable bonds is 9. The molecule has 1 rings (SSSR count). The standard InChI is InChI=1S/C17H33N5.HI/c1-6-8-9-11-17(3,4)14-20-16(18-7-2)19-13-15-10-12-21-22(15)5;/h10,12H,6-9,11,13-14H2,1-5H3,(H2,18,19,20);1H. The maximum atomic E-state index is 4.65. The first-order valence-electron chi connectivity index (χ1n) is 8.47. The molecule has 1 aromatic heterocycles. The number of nitrogens with zero attached hydrogens (tertiary/aromatic N) is 3. The summed E-state index contributed by atoms with van der Waals surface area (Å²) in [7, 11) is 1.95. The van der Waals surface area contributed by atoms with Gasteiger partial charge < -0.3 is 10.6 Å². The van der Waals surface area contributed by atoms with E-state index in [1.54, 1.807) is 0 Å². The van der Waals surface area contributed by atoms with E-state index in [2.05, 4.69) is 48.4 Å². The molecule has 0 atom stereocenters. The average Bonchev–Trinajstić information content (AvgIpc) is 2.87. The molecule has 1 heterocycles. The van der Waals surface area contributed by atoms with Crippen LogP contribution in [0, 0.1) is 5.41 Å². The van der Waals surface area contributed by atoms with E-state index in [1.165, 1.54) is 25.7 Å². The molecular weight excluding hydrogens is 401 g/mol. The van der Waals surface area contributed by atoms with Crippen molar-refractivity contribution in [3.05, 3.63) is 18.0 Å². The van der Waals surface area contributed by atoms with Gasteiger partial charge >= 0.3 is 0 Å². The van der Waals surface area contributed by atoms with Crippen LogP contribution in [0.15, 0.2) is 17.3 Å². The van der Waals surface area contributed by atoms with Gasteiger partial charge in [-0.15, -0.1) is 24.0 Å². The maximum absolute atomic E-state index is 4.65. The molecule has 0 amide bonds. The lowest BCUT2D eigenvalue weighted by molar-refractivity contribution is 0.318. The summed E-state index contributed by atoms with van der Waals surface area (Å²) in [5.41, 5.74) is 1.40. The fourth-order valence-corrected chi connectivity index (χ4v) is 2.32. The smallest absolute Gasteiger partial charge is 0.191 e. The summed E-state index contributed by atoms with van der Waals surface area (Å²) in [5, 5.41) is 11.0. The Hall–Kier alpha value is -0.790. The fourth-order valence-electron chi connectivity index (χ4n) is 2.32. The molecular formula is C17H34IN5. The fraction of sp³-hybridized carbons (Fsp3) is 0.765. The second-order valence-corrected chi connectivity index (χ2v) is 6.62. The molecule has 0 saturated carbocycles. The van der Waals surface area contributed by atoms with Crippen molar-refractivity contribution < 1.29 is 0 Å². The van der Waals surface area contributed by atoms with Gasteiger partial charge in [-0.25, -0.2) is 4.99 Å². The van der Waals surface area contributed by atoms with Crippen LogP contribution in [0.3, 0.4) is 0 Å².